The third kappa shape index (κ3) is 2.05. The summed E-state index contributed by atoms with van der Waals surface area (Å²) in [7, 11) is 0. The fourth-order valence-electron chi connectivity index (χ4n) is 6.02. The Morgan fingerprint density at radius 1 is 1.11 bits per heavy atom. The number of hydrogen-bond donors (Lipinski definition) is 3. The highest BCUT2D eigenvalue weighted by atomic mass is 16.4. The molecule has 3 N–H and O–H groups in total. The van der Waals surface area contributed by atoms with Gasteiger partial charge in [-0.15, -0.1) is 0 Å². The number of aliphatic hydroxyl groups is 1. The SMILES string of the molecule is C[C@]1(C(=O)O)C2CCc3cc4[nH]c5ccccc5c4cc3[C@@]2(C)CC[C@@H]1O. The van der Waals surface area contributed by atoms with E-state index in [1.807, 2.05) is 6.07 Å². The van der Waals surface area contributed by atoms with Crippen LogP contribution in [0.1, 0.15) is 44.2 Å². The van der Waals surface area contributed by atoms with Crippen molar-refractivity contribution in [1.29, 1.82) is 0 Å². The van der Waals surface area contributed by atoms with Gasteiger partial charge in [0, 0.05) is 21.8 Å². The zero-order chi connectivity index (χ0) is 19.0. The molecule has 4 atom stereocenters. The Morgan fingerprint density at radius 3 is 2.67 bits per heavy atom. The molecule has 4 nitrogen and oxygen atoms in total. The maximum absolute atomic E-state index is 12.2. The van der Waals surface area contributed by atoms with Crippen molar-refractivity contribution in [3.63, 3.8) is 0 Å². The summed E-state index contributed by atoms with van der Waals surface area (Å²) in [6, 6.07) is 12.9. The molecule has 2 aliphatic carbocycles. The van der Waals surface area contributed by atoms with Crippen LogP contribution < -0.4 is 0 Å². The third-order valence-corrected chi connectivity index (χ3v) is 7.63. The summed E-state index contributed by atoms with van der Waals surface area (Å²) < 4.78 is 0. The van der Waals surface area contributed by atoms with Crippen molar-refractivity contribution in [3.05, 3.63) is 47.5 Å². The maximum Gasteiger partial charge on any atom is 0.312 e. The molecule has 1 heterocycles. The van der Waals surface area contributed by atoms with Crippen LogP contribution >= 0.6 is 0 Å². The van der Waals surface area contributed by atoms with Crippen LogP contribution in [-0.4, -0.2) is 27.3 Å². The van der Waals surface area contributed by atoms with Crippen LogP contribution in [0.2, 0.25) is 0 Å². The van der Waals surface area contributed by atoms with Crippen LogP contribution in [0.15, 0.2) is 36.4 Å². The molecular formula is C23H25NO3. The molecule has 0 aliphatic heterocycles. The lowest BCUT2D eigenvalue weighted by Gasteiger charge is -2.55. The van der Waals surface area contributed by atoms with Crippen molar-refractivity contribution in [3.8, 4) is 0 Å². The van der Waals surface area contributed by atoms with E-state index in [9.17, 15) is 15.0 Å². The highest BCUT2D eigenvalue weighted by Gasteiger charge is 2.59. The first-order valence-electron chi connectivity index (χ1n) is 9.81. The van der Waals surface area contributed by atoms with E-state index in [0.29, 0.717) is 6.42 Å². The number of carbonyl (C=O) groups is 1. The van der Waals surface area contributed by atoms with E-state index >= 15 is 0 Å². The third-order valence-electron chi connectivity index (χ3n) is 7.63. The number of nitrogens with one attached hydrogen (secondary N) is 1. The van der Waals surface area contributed by atoms with Gasteiger partial charge in [0.2, 0.25) is 0 Å². The van der Waals surface area contributed by atoms with Crippen LogP contribution in [-0.2, 0) is 16.6 Å². The molecule has 0 radical (unpaired) electrons. The smallest absolute Gasteiger partial charge is 0.312 e. The highest BCUT2D eigenvalue weighted by Crippen LogP contribution is 2.57. The van der Waals surface area contributed by atoms with Crippen molar-refractivity contribution >= 4 is 27.8 Å². The molecule has 140 valence electrons. The predicted octanol–water partition coefficient (Wildman–Crippen LogP) is 4.39. The Labute approximate surface area is 158 Å². The van der Waals surface area contributed by atoms with Crippen LogP contribution in [0.25, 0.3) is 21.8 Å². The predicted molar refractivity (Wildman–Crippen MR) is 106 cm³/mol. The van der Waals surface area contributed by atoms with E-state index in [-0.39, 0.29) is 11.3 Å². The van der Waals surface area contributed by atoms with Crippen LogP contribution in [0.3, 0.4) is 0 Å². The standard InChI is InChI=1S/C23H25NO3/c1-22-10-9-20(25)23(2,21(26)27)19(22)8-7-13-11-18-15(12-16(13)22)14-5-3-4-6-17(14)24-18/h3-6,11-12,19-20,24-25H,7-10H2,1-2H3,(H,26,27)/t19?,20-,22+,23-/m0/s1. The quantitative estimate of drug-likeness (QED) is 0.600. The Kier molecular flexibility index (Phi) is 3.33. The first-order valence-corrected chi connectivity index (χ1v) is 9.81. The number of aromatic nitrogens is 1. The molecule has 1 aromatic heterocycles. The van der Waals surface area contributed by atoms with E-state index in [4.69, 9.17) is 0 Å². The number of hydrogen-bond acceptors (Lipinski definition) is 2. The first kappa shape index (κ1) is 16.8. The summed E-state index contributed by atoms with van der Waals surface area (Å²) in [5.41, 5.74) is 3.54. The number of para-hydroxylation sites is 1. The van der Waals surface area contributed by atoms with Gasteiger partial charge in [-0.25, -0.2) is 0 Å². The Hall–Kier alpha value is -2.33. The highest BCUT2D eigenvalue weighted by molar-refractivity contribution is 6.07. The zero-order valence-electron chi connectivity index (χ0n) is 15.7. The normalized spacial score (nSPS) is 33.0. The minimum Gasteiger partial charge on any atom is -0.481 e. The van der Waals surface area contributed by atoms with Crippen LogP contribution in [0, 0.1) is 11.3 Å². The van der Waals surface area contributed by atoms with Gasteiger partial charge >= 0.3 is 5.97 Å². The summed E-state index contributed by atoms with van der Waals surface area (Å²) >= 11 is 0. The van der Waals surface area contributed by atoms with Crippen molar-refractivity contribution < 1.29 is 15.0 Å². The topological polar surface area (TPSA) is 73.3 Å². The first-order chi connectivity index (χ1) is 12.9. The second-order valence-corrected chi connectivity index (χ2v) is 8.88. The minimum absolute atomic E-state index is 0.0681. The number of H-pyrrole nitrogens is 1. The van der Waals surface area contributed by atoms with Gasteiger partial charge in [-0.05, 0) is 73.3 Å². The second kappa shape index (κ2) is 5.35. The van der Waals surface area contributed by atoms with Crippen molar-refractivity contribution in [2.75, 3.05) is 0 Å². The van der Waals surface area contributed by atoms with Gasteiger partial charge in [-0.1, -0.05) is 25.1 Å². The molecule has 0 bridgehead atoms. The number of aryl methyl sites for hydroxylation is 1. The van der Waals surface area contributed by atoms with Crippen molar-refractivity contribution in [1.82, 2.24) is 4.98 Å². The van der Waals surface area contributed by atoms with Gasteiger partial charge in [0.1, 0.15) is 0 Å². The van der Waals surface area contributed by atoms with E-state index in [1.165, 1.54) is 21.9 Å². The van der Waals surface area contributed by atoms with Gasteiger partial charge in [0.15, 0.2) is 0 Å². The molecule has 0 amide bonds. The molecule has 2 aliphatic rings. The lowest BCUT2D eigenvalue weighted by molar-refractivity contribution is -0.171. The van der Waals surface area contributed by atoms with E-state index in [2.05, 4.69) is 42.2 Å². The molecule has 27 heavy (non-hydrogen) atoms. The van der Waals surface area contributed by atoms with E-state index < -0.39 is 17.5 Å². The number of rotatable bonds is 1. The molecule has 4 heteroatoms. The fourth-order valence-corrected chi connectivity index (χ4v) is 6.02. The number of benzene rings is 2. The van der Waals surface area contributed by atoms with E-state index in [1.54, 1.807) is 6.92 Å². The minimum atomic E-state index is -1.10. The molecule has 5 rings (SSSR count). The largest absolute Gasteiger partial charge is 0.481 e. The van der Waals surface area contributed by atoms with Crippen LogP contribution in [0.4, 0.5) is 0 Å². The summed E-state index contributed by atoms with van der Waals surface area (Å²) in [5.74, 6) is -0.941. The molecule has 0 saturated heterocycles. The number of aromatic amines is 1. The monoisotopic (exact) mass is 363 g/mol. The summed E-state index contributed by atoms with van der Waals surface area (Å²) in [6.45, 7) is 3.96. The average molecular weight is 363 g/mol. The van der Waals surface area contributed by atoms with Gasteiger partial charge in [-0.2, -0.15) is 0 Å². The number of fused-ring (bicyclic) bond motifs is 6. The van der Waals surface area contributed by atoms with Crippen molar-refractivity contribution in [2.45, 2.75) is 51.0 Å². The summed E-state index contributed by atoms with van der Waals surface area (Å²) in [5, 5.41) is 23.0. The summed E-state index contributed by atoms with van der Waals surface area (Å²) in [4.78, 5) is 15.7. The lowest BCUT2D eigenvalue weighted by Crippen LogP contribution is -2.58. The fraction of sp³-hybridized carbons (Fsp3) is 0.435. The molecule has 3 aromatic rings. The maximum atomic E-state index is 12.2. The summed E-state index contributed by atoms with van der Waals surface area (Å²) in [6.07, 6.45) is 2.22. The Balaban J connectivity index is 1.75. The molecule has 1 saturated carbocycles. The van der Waals surface area contributed by atoms with Crippen LogP contribution in [0.5, 0.6) is 0 Å². The molecule has 1 unspecified atom stereocenters. The van der Waals surface area contributed by atoms with Gasteiger partial charge < -0.3 is 15.2 Å². The number of aliphatic carboxylic acids is 1. The molecule has 2 aromatic carbocycles. The zero-order valence-corrected chi connectivity index (χ0v) is 15.7. The number of aliphatic hydroxyl groups excluding tert-OH is 1. The Morgan fingerprint density at radius 2 is 1.89 bits per heavy atom. The van der Waals surface area contributed by atoms with Crippen molar-refractivity contribution in [2.24, 2.45) is 11.3 Å². The Bertz CT molecular complexity index is 1080. The number of carboxylic acid groups (broad SMARTS) is 1. The second-order valence-electron chi connectivity index (χ2n) is 8.88. The average Bonchev–Trinajstić information content (AvgIpc) is 3.01. The molecular weight excluding hydrogens is 338 g/mol. The molecule has 0 spiro atoms. The van der Waals surface area contributed by atoms with Gasteiger partial charge in [0.05, 0.1) is 11.5 Å². The van der Waals surface area contributed by atoms with Gasteiger partial charge in [0.25, 0.3) is 0 Å². The van der Waals surface area contributed by atoms with E-state index in [0.717, 1.165) is 30.3 Å². The molecule has 1 fully saturated rings. The lowest BCUT2D eigenvalue weighted by atomic mass is 9.49. The number of carboxylic acids is 1. The van der Waals surface area contributed by atoms with Gasteiger partial charge in [-0.3, -0.25) is 4.79 Å².